The van der Waals surface area contributed by atoms with E-state index in [0.717, 1.165) is 21.5 Å². The van der Waals surface area contributed by atoms with Crippen molar-refractivity contribution in [1.29, 1.82) is 0 Å². The number of nitrogens with zero attached hydrogens (tertiary/aromatic N) is 4. The van der Waals surface area contributed by atoms with Gasteiger partial charge in [-0.1, -0.05) is 26.0 Å². The Morgan fingerprint density at radius 1 is 1.12 bits per heavy atom. The molecule has 0 bridgehead atoms. The van der Waals surface area contributed by atoms with E-state index in [-0.39, 0.29) is 18.5 Å². The number of carbonyl (C=O) groups is 1. The lowest BCUT2D eigenvalue weighted by Crippen LogP contribution is -2.37. The number of fused-ring (bicyclic) bond motifs is 2. The number of hydrogen-bond acceptors (Lipinski definition) is 6. The van der Waals surface area contributed by atoms with Crippen molar-refractivity contribution in [2.24, 2.45) is 13.0 Å². The second kappa shape index (κ2) is 9.54. The fourth-order valence-electron chi connectivity index (χ4n) is 4.25. The van der Waals surface area contributed by atoms with Gasteiger partial charge in [-0.15, -0.1) is 0 Å². The summed E-state index contributed by atoms with van der Waals surface area (Å²) in [4.78, 5) is 31.0. The Labute approximate surface area is 197 Å². The summed E-state index contributed by atoms with van der Waals surface area (Å²) in [5.41, 5.74) is 1.44. The van der Waals surface area contributed by atoms with Gasteiger partial charge in [0.15, 0.2) is 11.5 Å². The van der Waals surface area contributed by atoms with Gasteiger partial charge in [-0.3, -0.25) is 9.59 Å². The Bertz CT molecular complexity index is 1410. The maximum absolute atomic E-state index is 13.2. The highest BCUT2D eigenvalue weighted by Gasteiger charge is 2.23. The van der Waals surface area contributed by atoms with E-state index < -0.39 is 5.56 Å². The third-order valence-corrected chi connectivity index (χ3v) is 5.83. The normalized spacial score (nSPS) is 12.3. The number of hydrogen-bond donors (Lipinski definition) is 1. The van der Waals surface area contributed by atoms with Crippen LogP contribution in [0.1, 0.15) is 32.1 Å². The van der Waals surface area contributed by atoms with Gasteiger partial charge in [0.2, 0.25) is 5.91 Å². The zero-order valence-electron chi connectivity index (χ0n) is 20.0. The maximum atomic E-state index is 13.2. The lowest BCUT2D eigenvalue weighted by atomic mass is 10.0. The Morgan fingerprint density at radius 3 is 2.56 bits per heavy atom. The minimum absolute atomic E-state index is 0.228. The van der Waals surface area contributed by atoms with Crippen LogP contribution in [0.3, 0.4) is 0 Å². The molecule has 2 heterocycles. The number of aromatic nitrogens is 4. The molecule has 2 aromatic heterocycles. The Hall–Kier alpha value is -3.88. The number of aryl methyl sites for hydroxylation is 1. The summed E-state index contributed by atoms with van der Waals surface area (Å²) in [6.07, 6.45) is 2.25. The first-order valence-corrected chi connectivity index (χ1v) is 11.2. The first kappa shape index (κ1) is 23.3. The van der Waals surface area contributed by atoms with Gasteiger partial charge in [-0.25, -0.2) is 9.67 Å². The van der Waals surface area contributed by atoms with E-state index in [1.54, 1.807) is 18.3 Å². The Kier molecular flexibility index (Phi) is 6.54. The zero-order chi connectivity index (χ0) is 24.4. The summed E-state index contributed by atoms with van der Waals surface area (Å²) in [5, 5.41) is 8.19. The molecule has 0 fully saturated rings. The fraction of sp³-hybridized carbons (Fsp3) is 0.360. The monoisotopic (exact) mass is 463 g/mol. The van der Waals surface area contributed by atoms with Gasteiger partial charge in [0.1, 0.15) is 12.4 Å². The van der Waals surface area contributed by atoms with E-state index in [4.69, 9.17) is 14.5 Å². The number of ether oxygens (including phenoxy) is 2. The smallest absolute Gasteiger partial charge is 0.279 e. The molecule has 0 aliphatic carbocycles. The van der Waals surface area contributed by atoms with Crippen molar-refractivity contribution >= 4 is 27.7 Å². The summed E-state index contributed by atoms with van der Waals surface area (Å²) in [7, 11) is 4.92. The number of imidazole rings is 1. The van der Waals surface area contributed by atoms with Crippen LogP contribution in [-0.4, -0.2) is 39.5 Å². The number of amides is 1. The molecule has 1 atom stereocenters. The molecule has 0 saturated heterocycles. The number of methoxy groups -OCH3 is 2. The summed E-state index contributed by atoms with van der Waals surface area (Å²) in [6, 6.07) is 11.0. The Balaban J connectivity index is 1.65. The van der Waals surface area contributed by atoms with E-state index in [1.807, 2.05) is 35.9 Å². The number of rotatable bonds is 8. The van der Waals surface area contributed by atoms with Crippen molar-refractivity contribution in [1.82, 2.24) is 24.6 Å². The maximum Gasteiger partial charge on any atom is 0.279 e. The van der Waals surface area contributed by atoms with E-state index >= 15 is 0 Å². The molecule has 4 aromatic rings. The third-order valence-electron chi connectivity index (χ3n) is 5.83. The molecule has 0 radical (unpaired) electrons. The van der Waals surface area contributed by atoms with Crippen molar-refractivity contribution in [2.75, 3.05) is 14.2 Å². The van der Waals surface area contributed by atoms with Crippen LogP contribution in [0.4, 0.5) is 0 Å². The van der Waals surface area contributed by atoms with Gasteiger partial charge >= 0.3 is 0 Å². The lowest BCUT2D eigenvalue weighted by molar-refractivity contribution is -0.122. The number of nitrogens with one attached hydrogen (secondary N) is 1. The molecule has 2 aromatic carbocycles. The van der Waals surface area contributed by atoms with Gasteiger partial charge in [0.25, 0.3) is 5.56 Å². The summed E-state index contributed by atoms with van der Waals surface area (Å²) >= 11 is 0. The minimum Gasteiger partial charge on any atom is -0.493 e. The van der Waals surface area contributed by atoms with E-state index in [2.05, 4.69) is 24.3 Å². The summed E-state index contributed by atoms with van der Waals surface area (Å²) < 4.78 is 13.9. The molecule has 9 nitrogen and oxygen atoms in total. The Morgan fingerprint density at radius 2 is 1.88 bits per heavy atom. The molecule has 0 spiro atoms. The van der Waals surface area contributed by atoms with Crippen LogP contribution in [0, 0.1) is 5.92 Å². The van der Waals surface area contributed by atoms with Gasteiger partial charge < -0.3 is 19.4 Å². The molecule has 1 unspecified atom stereocenters. The minimum atomic E-state index is -0.425. The predicted octanol–water partition coefficient (Wildman–Crippen LogP) is 3.20. The summed E-state index contributed by atoms with van der Waals surface area (Å²) in [5.74, 6) is 1.53. The quantitative estimate of drug-likeness (QED) is 0.431. The first-order chi connectivity index (χ1) is 16.3. The summed E-state index contributed by atoms with van der Waals surface area (Å²) in [6.45, 7) is 3.96. The number of benzene rings is 2. The zero-order valence-corrected chi connectivity index (χ0v) is 20.0. The number of para-hydroxylation sites is 2. The van der Waals surface area contributed by atoms with Gasteiger partial charge in [-0.2, -0.15) is 5.10 Å². The van der Waals surface area contributed by atoms with Crippen LogP contribution < -0.4 is 20.3 Å². The molecule has 0 aliphatic rings. The van der Waals surface area contributed by atoms with Crippen LogP contribution in [-0.2, 0) is 18.4 Å². The van der Waals surface area contributed by atoms with Crippen molar-refractivity contribution in [3.63, 3.8) is 0 Å². The molecule has 0 saturated carbocycles. The SMILES string of the molecule is COc1ccc2cnn(CC(=O)NC(CC(C)C)c3nc4ccccc4n3C)c(=O)c2c1OC. The fourth-order valence-corrected chi connectivity index (χ4v) is 4.25. The molecule has 1 N–H and O–H groups in total. The molecule has 4 rings (SSSR count). The van der Waals surface area contributed by atoms with Crippen molar-refractivity contribution in [2.45, 2.75) is 32.9 Å². The highest BCUT2D eigenvalue weighted by atomic mass is 16.5. The average Bonchev–Trinajstić information content (AvgIpc) is 3.16. The van der Waals surface area contributed by atoms with Gasteiger partial charge in [0.05, 0.1) is 42.9 Å². The predicted molar refractivity (Wildman–Crippen MR) is 130 cm³/mol. The average molecular weight is 464 g/mol. The lowest BCUT2D eigenvalue weighted by Gasteiger charge is -2.21. The van der Waals surface area contributed by atoms with Crippen molar-refractivity contribution < 1.29 is 14.3 Å². The molecule has 1 amide bonds. The van der Waals surface area contributed by atoms with Crippen LogP contribution in [0.2, 0.25) is 0 Å². The highest BCUT2D eigenvalue weighted by Crippen LogP contribution is 2.32. The molecular formula is C25H29N5O4. The second-order valence-electron chi connectivity index (χ2n) is 8.64. The van der Waals surface area contributed by atoms with Gasteiger partial charge in [-0.05, 0) is 36.6 Å². The van der Waals surface area contributed by atoms with Crippen LogP contribution in [0.25, 0.3) is 21.8 Å². The second-order valence-corrected chi connectivity index (χ2v) is 8.64. The first-order valence-electron chi connectivity index (χ1n) is 11.2. The van der Waals surface area contributed by atoms with E-state index in [0.29, 0.717) is 34.6 Å². The van der Waals surface area contributed by atoms with Crippen molar-refractivity contribution in [3.8, 4) is 11.5 Å². The molecular weight excluding hydrogens is 434 g/mol. The molecule has 34 heavy (non-hydrogen) atoms. The molecule has 178 valence electrons. The van der Waals surface area contributed by atoms with Crippen LogP contribution >= 0.6 is 0 Å². The van der Waals surface area contributed by atoms with Crippen LogP contribution in [0.15, 0.2) is 47.4 Å². The van der Waals surface area contributed by atoms with Crippen LogP contribution in [0.5, 0.6) is 11.5 Å². The van der Waals surface area contributed by atoms with Crippen molar-refractivity contribution in [3.05, 3.63) is 58.8 Å². The van der Waals surface area contributed by atoms with Gasteiger partial charge in [0, 0.05) is 12.4 Å². The van der Waals surface area contributed by atoms with E-state index in [1.165, 1.54) is 14.2 Å². The number of carbonyl (C=O) groups excluding carboxylic acids is 1. The van der Waals surface area contributed by atoms with E-state index in [9.17, 15) is 9.59 Å². The standard InChI is InChI=1S/C25H29N5O4/c1-15(2)12-18(24-28-17-8-6-7-9-19(17)29(24)3)27-21(31)14-30-25(32)22-16(13-26-30)10-11-20(33-4)23(22)34-5/h6-11,13,15,18H,12,14H2,1-5H3,(H,27,31). The largest absolute Gasteiger partial charge is 0.493 e. The molecule has 0 aliphatic heterocycles. The molecule has 9 heteroatoms. The third kappa shape index (κ3) is 4.33. The topological polar surface area (TPSA) is 100 Å². The highest BCUT2D eigenvalue weighted by molar-refractivity contribution is 5.89.